The monoisotopic (exact) mass is 423 g/mol. The third-order valence-corrected chi connectivity index (χ3v) is 6.45. The molecule has 2 aliphatic rings. The number of hydrogen-bond acceptors (Lipinski definition) is 7. The second kappa shape index (κ2) is 10.0. The van der Waals surface area contributed by atoms with E-state index in [9.17, 15) is 4.79 Å². The quantitative estimate of drug-likeness (QED) is 0.762. The Morgan fingerprint density at radius 3 is 2.35 bits per heavy atom. The lowest BCUT2D eigenvalue weighted by Gasteiger charge is -2.35. The fraction of sp³-hybridized carbons (Fsp3) is 0.565. The van der Waals surface area contributed by atoms with Crippen LogP contribution in [0.25, 0.3) is 0 Å². The molecular weight excluding hydrogens is 390 g/mol. The molecule has 0 radical (unpaired) electrons. The summed E-state index contributed by atoms with van der Waals surface area (Å²) in [5.41, 5.74) is 1.93. The molecule has 166 valence electrons. The Balaban J connectivity index is 1.26. The highest BCUT2D eigenvalue weighted by molar-refractivity contribution is 5.79. The minimum atomic E-state index is -0.0770. The molecule has 0 saturated carbocycles. The van der Waals surface area contributed by atoms with E-state index in [0.717, 1.165) is 76.0 Å². The molecule has 1 amide bonds. The Morgan fingerprint density at radius 1 is 1.03 bits per heavy atom. The molecule has 1 N–H and O–H groups in total. The van der Waals surface area contributed by atoms with Gasteiger partial charge in [-0.25, -0.2) is 9.97 Å². The van der Waals surface area contributed by atoms with Crippen LogP contribution in [0.2, 0.25) is 0 Å². The number of hydrogen-bond donors (Lipinski definition) is 1. The van der Waals surface area contributed by atoms with Gasteiger partial charge in [-0.15, -0.1) is 0 Å². The number of aromatic nitrogens is 3. The Hall–Kier alpha value is -2.74. The van der Waals surface area contributed by atoms with Gasteiger partial charge in [0.05, 0.1) is 29.8 Å². The molecule has 31 heavy (non-hydrogen) atoms. The van der Waals surface area contributed by atoms with E-state index in [0.29, 0.717) is 0 Å². The maximum Gasteiger partial charge on any atom is 0.225 e. The topological polar surface area (TPSA) is 77.5 Å². The lowest BCUT2D eigenvalue weighted by atomic mass is 9.95. The van der Waals surface area contributed by atoms with Gasteiger partial charge in [0.1, 0.15) is 0 Å². The first-order chi connectivity index (χ1) is 15.1. The predicted octanol–water partition coefficient (Wildman–Crippen LogP) is 2.11. The highest BCUT2D eigenvalue weighted by Crippen LogP contribution is 2.24. The minimum Gasteiger partial charge on any atom is -0.369 e. The van der Waals surface area contributed by atoms with E-state index in [1.165, 1.54) is 0 Å². The summed E-state index contributed by atoms with van der Waals surface area (Å²) in [6.45, 7) is 11.1. The molecular formula is C23H33N7O. The number of amides is 1. The first kappa shape index (κ1) is 21.5. The fourth-order valence-electron chi connectivity index (χ4n) is 4.34. The van der Waals surface area contributed by atoms with Crippen LogP contribution in [0.1, 0.15) is 38.4 Å². The van der Waals surface area contributed by atoms with Gasteiger partial charge in [0.2, 0.25) is 11.9 Å². The number of pyridine rings is 1. The number of likely N-dealkylation sites (N-methyl/N-ethyl adjacent to an activating group) is 1. The number of carbonyl (C=O) groups excluding carboxylic acids is 1. The Labute approximate surface area is 184 Å². The van der Waals surface area contributed by atoms with Crippen LogP contribution >= 0.6 is 0 Å². The van der Waals surface area contributed by atoms with Gasteiger partial charge < -0.3 is 20.0 Å². The van der Waals surface area contributed by atoms with Gasteiger partial charge in [-0.2, -0.15) is 0 Å². The van der Waals surface area contributed by atoms with Crippen molar-refractivity contribution >= 4 is 17.5 Å². The standard InChI is InChI=1S/C23H33N7O/c1-3-28-12-14-30(15-13-28)23-25-16-20(17-26-23)29-10-7-19(8-11-29)22(31)27-18(2)21-6-4-5-9-24-21/h4-6,9,16-19H,3,7-8,10-15H2,1-2H3,(H,27,31). The molecule has 8 nitrogen and oxygen atoms in total. The highest BCUT2D eigenvalue weighted by atomic mass is 16.1. The van der Waals surface area contributed by atoms with E-state index in [-0.39, 0.29) is 17.9 Å². The highest BCUT2D eigenvalue weighted by Gasteiger charge is 2.27. The molecule has 2 aromatic heterocycles. The molecule has 4 heterocycles. The Bertz CT molecular complexity index is 829. The van der Waals surface area contributed by atoms with Crippen LogP contribution in [0, 0.1) is 5.92 Å². The van der Waals surface area contributed by atoms with E-state index in [1.54, 1.807) is 6.20 Å². The molecule has 2 aromatic rings. The summed E-state index contributed by atoms with van der Waals surface area (Å²) in [5.74, 6) is 0.977. The maximum atomic E-state index is 12.7. The van der Waals surface area contributed by atoms with E-state index >= 15 is 0 Å². The van der Waals surface area contributed by atoms with E-state index in [2.05, 4.69) is 41.9 Å². The van der Waals surface area contributed by atoms with Crippen molar-refractivity contribution in [3.05, 3.63) is 42.5 Å². The summed E-state index contributed by atoms with van der Waals surface area (Å²) >= 11 is 0. The van der Waals surface area contributed by atoms with Crippen molar-refractivity contribution in [2.45, 2.75) is 32.7 Å². The minimum absolute atomic E-state index is 0.0393. The average Bonchev–Trinajstić information content (AvgIpc) is 2.85. The third kappa shape index (κ3) is 5.31. The summed E-state index contributed by atoms with van der Waals surface area (Å²) in [7, 11) is 0. The number of nitrogens with one attached hydrogen (secondary N) is 1. The summed E-state index contributed by atoms with van der Waals surface area (Å²) in [6, 6.07) is 5.70. The predicted molar refractivity (Wildman–Crippen MR) is 122 cm³/mol. The van der Waals surface area contributed by atoms with Crippen molar-refractivity contribution in [3.63, 3.8) is 0 Å². The molecule has 0 aliphatic carbocycles. The van der Waals surface area contributed by atoms with Crippen LogP contribution in [0.5, 0.6) is 0 Å². The van der Waals surface area contributed by atoms with Gasteiger partial charge in [0, 0.05) is 51.4 Å². The van der Waals surface area contributed by atoms with Crippen LogP contribution in [-0.4, -0.2) is 71.6 Å². The SMILES string of the molecule is CCN1CCN(c2ncc(N3CCC(C(=O)NC(C)c4ccccn4)CC3)cn2)CC1. The molecule has 1 unspecified atom stereocenters. The second-order valence-corrected chi connectivity index (χ2v) is 8.41. The first-order valence-corrected chi connectivity index (χ1v) is 11.4. The van der Waals surface area contributed by atoms with Crippen LogP contribution in [0.4, 0.5) is 11.6 Å². The van der Waals surface area contributed by atoms with Gasteiger partial charge in [-0.1, -0.05) is 13.0 Å². The Morgan fingerprint density at radius 2 is 1.74 bits per heavy atom. The van der Waals surface area contributed by atoms with Crippen LogP contribution in [-0.2, 0) is 4.79 Å². The van der Waals surface area contributed by atoms with Crippen molar-refractivity contribution in [1.29, 1.82) is 0 Å². The molecule has 4 rings (SSSR count). The summed E-state index contributed by atoms with van der Waals surface area (Å²) in [4.78, 5) is 33.3. The first-order valence-electron chi connectivity index (χ1n) is 11.4. The third-order valence-electron chi connectivity index (χ3n) is 6.45. The zero-order valence-corrected chi connectivity index (χ0v) is 18.6. The zero-order valence-electron chi connectivity index (χ0n) is 18.6. The fourth-order valence-corrected chi connectivity index (χ4v) is 4.34. The van der Waals surface area contributed by atoms with Gasteiger partial charge in [-0.3, -0.25) is 9.78 Å². The van der Waals surface area contributed by atoms with Crippen LogP contribution in [0.15, 0.2) is 36.8 Å². The van der Waals surface area contributed by atoms with E-state index < -0.39 is 0 Å². The van der Waals surface area contributed by atoms with Crippen molar-refractivity contribution < 1.29 is 4.79 Å². The molecule has 1 atom stereocenters. The van der Waals surface area contributed by atoms with Crippen LogP contribution in [0.3, 0.4) is 0 Å². The molecule has 0 aromatic carbocycles. The van der Waals surface area contributed by atoms with Crippen LogP contribution < -0.4 is 15.1 Å². The largest absolute Gasteiger partial charge is 0.369 e. The number of piperazine rings is 1. The van der Waals surface area contributed by atoms with Gasteiger partial charge in [-0.05, 0) is 38.4 Å². The molecule has 0 bridgehead atoms. The maximum absolute atomic E-state index is 12.7. The molecule has 8 heteroatoms. The number of nitrogens with zero attached hydrogens (tertiary/aromatic N) is 6. The van der Waals surface area contributed by atoms with Crippen molar-refractivity contribution in [1.82, 2.24) is 25.2 Å². The Kier molecular flexibility index (Phi) is 6.96. The van der Waals surface area contributed by atoms with E-state index in [4.69, 9.17) is 0 Å². The molecule has 2 fully saturated rings. The number of piperidine rings is 1. The number of carbonyl (C=O) groups is 1. The zero-order chi connectivity index (χ0) is 21.6. The van der Waals surface area contributed by atoms with Crippen molar-refractivity contribution in [2.24, 2.45) is 5.92 Å². The summed E-state index contributed by atoms with van der Waals surface area (Å²) in [6.07, 6.45) is 7.29. The smallest absolute Gasteiger partial charge is 0.225 e. The molecule has 0 spiro atoms. The van der Waals surface area contributed by atoms with Crippen molar-refractivity contribution in [2.75, 3.05) is 55.6 Å². The summed E-state index contributed by atoms with van der Waals surface area (Å²) in [5, 5.41) is 3.12. The molecule has 2 saturated heterocycles. The lowest BCUT2D eigenvalue weighted by molar-refractivity contribution is -0.126. The molecule has 2 aliphatic heterocycles. The van der Waals surface area contributed by atoms with Gasteiger partial charge in [0.15, 0.2) is 0 Å². The van der Waals surface area contributed by atoms with E-state index in [1.807, 2.05) is 37.5 Å². The number of rotatable bonds is 6. The second-order valence-electron chi connectivity index (χ2n) is 8.41. The van der Waals surface area contributed by atoms with Gasteiger partial charge >= 0.3 is 0 Å². The number of anilines is 2. The average molecular weight is 424 g/mol. The van der Waals surface area contributed by atoms with Gasteiger partial charge in [0.25, 0.3) is 0 Å². The van der Waals surface area contributed by atoms with Crippen molar-refractivity contribution in [3.8, 4) is 0 Å². The normalized spacial score (nSPS) is 19.3. The lowest BCUT2D eigenvalue weighted by Crippen LogP contribution is -2.46. The summed E-state index contributed by atoms with van der Waals surface area (Å²) < 4.78 is 0.